The largest absolute Gasteiger partial charge is 0.459 e. The molecule has 0 saturated heterocycles. The van der Waals surface area contributed by atoms with Crippen molar-refractivity contribution in [3.63, 3.8) is 0 Å². The highest BCUT2D eigenvalue weighted by molar-refractivity contribution is 5.97. The van der Waals surface area contributed by atoms with Crippen LogP contribution >= 0.6 is 0 Å². The average molecular weight is 298 g/mol. The molecule has 0 saturated carbocycles. The van der Waals surface area contributed by atoms with Gasteiger partial charge in [-0.25, -0.2) is 4.79 Å². The molecule has 1 N–H and O–H groups in total. The molecule has 0 bridgehead atoms. The summed E-state index contributed by atoms with van der Waals surface area (Å²) in [6, 6.07) is 0. The molecule has 120 valence electrons. The third-order valence-electron chi connectivity index (χ3n) is 3.04. The van der Waals surface area contributed by atoms with Crippen molar-refractivity contribution in [1.82, 2.24) is 0 Å². The summed E-state index contributed by atoms with van der Waals surface area (Å²) in [6.45, 7) is 12.2. The number of esters is 2. The van der Waals surface area contributed by atoms with E-state index in [0.717, 1.165) is 0 Å². The van der Waals surface area contributed by atoms with Crippen molar-refractivity contribution in [2.75, 3.05) is 0 Å². The monoisotopic (exact) mass is 298 g/mol. The summed E-state index contributed by atoms with van der Waals surface area (Å²) in [5, 5.41) is 9.96. The van der Waals surface area contributed by atoms with Gasteiger partial charge in [-0.2, -0.15) is 0 Å². The summed E-state index contributed by atoms with van der Waals surface area (Å²) in [4.78, 5) is 24.6. The fourth-order valence-electron chi connectivity index (χ4n) is 2.20. The maximum Gasteiger partial charge on any atom is 0.335 e. The second-order valence-corrected chi connectivity index (χ2v) is 7.44. The lowest BCUT2D eigenvalue weighted by atomic mass is 10.00. The van der Waals surface area contributed by atoms with Crippen LogP contribution in [-0.4, -0.2) is 34.4 Å². The van der Waals surface area contributed by atoms with Gasteiger partial charge in [0.1, 0.15) is 11.2 Å². The van der Waals surface area contributed by atoms with Crippen molar-refractivity contribution in [2.24, 2.45) is 5.92 Å². The molecule has 5 nitrogen and oxygen atoms in total. The Bertz CT molecular complexity index is 462. The molecule has 0 spiro atoms. The summed E-state index contributed by atoms with van der Waals surface area (Å²) in [5.41, 5.74) is -0.583. The third kappa shape index (κ3) is 4.84. The van der Waals surface area contributed by atoms with Gasteiger partial charge in [-0.15, -0.1) is 0 Å². The second-order valence-electron chi connectivity index (χ2n) is 7.44. The number of ether oxygens (including phenoxy) is 2. The highest BCUT2D eigenvalue weighted by Gasteiger charge is 2.42. The van der Waals surface area contributed by atoms with Gasteiger partial charge in [-0.05, 0) is 60.5 Å². The van der Waals surface area contributed by atoms with Crippen molar-refractivity contribution in [3.8, 4) is 0 Å². The van der Waals surface area contributed by atoms with Crippen LogP contribution in [0.4, 0.5) is 0 Å². The molecule has 5 heteroatoms. The van der Waals surface area contributed by atoms with E-state index in [9.17, 15) is 14.7 Å². The minimum Gasteiger partial charge on any atom is -0.459 e. The number of aliphatic hydroxyl groups is 1. The predicted octanol–water partition coefficient (Wildman–Crippen LogP) is 2.37. The molecular formula is C16H26O5. The first-order chi connectivity index (χ1) is 9.32. The number of aliphatic hydroxyl groups excluding tert-OH is 1. The molecule has 2 atom stereocenters. The predicted molar refractivity (Wildman–Crippen MR) is 78.5 cm³/mol. The minimum atomic E-state index is -0.815. The van der Waals surface area contributed by atoms with Gasteiger partial charge >= 0.3 is 11.9 Å². The van der Waals surface area contributed by atoms with E-state index in [-0.39, 0.29) is 12.0 Å². The first kappa shape index (κ1) is 17.7. The number of carbonyl (C=O) groups excluding carboxylic acids is 2. The molecule has 0 aromatic heterocycles. The first-order valence-corrected chi connectivity index (χ1v) is 7.17. The highest BCUT2D eigenvalue weighted by Crippen LogP contribution is 2.35. The summed E-state index contributed by atoms with van der Waals surface area (Å²) >= 11 is 0. The Labute approximate surface area is 126 Å². The Morgan fingerprint density at radius 3 is 1.95 bits per heavy atom. The maximum absolute atomic E-state index is 12.3. The van der Waals surface area contributed by atoms with Gasteiger partial charge in [0.15, 0.2) is 0 Å². The first-order valence-electron chi connectivity index (χ1n) is 7.17. The van der Waals surface area contributed by atoms with Crippen LogP contribution in [-0.2, 0) is 19.1 Å². The lowest BCUT2D eigenvalue weighted by Crippen LogP contribution is -2.32. The zero-order valence-electron chi connectivity index (χ0n) is 13.9. The maximum atomic E-state index is 12.3. The molecule has 0 aliphatic heterocycles. The normalized spacial score (nSPS) is 23.2. The topological polar surface area (TPSA) is 72.8 Å². The number of hydrogen-bond acceptors (Lipinski definition) is 5. The van der Waals surface area contributed by atoms with Crippen molar-refractivity contribution in [1.29, 1.82) is 0 Å². The van der Waals surface area contributed by atoms with Crippen LogP contribution in [0.15, 0.2) is 11.1 Å². The van der Waals surface area contributed by atoms with Gasteiger partial charge in [-0.1, -0.05) is 0 Å². The van der Waals surface area contributed by atoms with E-state index in [0.29, 0.717) is 5.57 Å². The van der Waals surface area contributed by atoms with E-state index in [1.807, 2.05) is 0 Å². The zero-order chi connectivity index (χ0) is 16.6. The number of hydrogen-bond donors (Lipinski definition) is 1. The zero-order valence-corrected chi connectivity index (χ0v) is 13.9. The molecule has 21 heavy (non-hydrogen) atoms. The number of rotatable bonds is 2. The molecule has 0 heterocycles. The smallest absolute Gasteiger partial charge is 0.335 e. The van der Waals surface area contributed by atoms with Crippen molar-refractivity contribution in [2.45, 2.75) is 72.2 Å². The Hall–Kier alpha value is -1.36. The van der Waals surface area contributed by atoms with E-state index in [1.165, 1.54) is 0 Å². The Kier molecular flexibility index (Phi) is 4.88. The van der Waals surface area contributed by atoms with Crippen LogP contribution in [0.5, 0.6) is 0 Å². The quantitative estimate of drug-likeness (QED) is 0.792. The lowest BCUT2D eigenvalue weighted by molar-refractivity contribution is -0.162. The molecule has 0 aromatic carbocycles. The van der Waals surface area contributed by atoms with Crippen LogP contribution in [0, 0.1) is 5.92 Å². The molecule has 1 aliphatic carbocycles. The molecule has 0 amide bonds. The molecule has 0 fully saturated rings. The van der Waals surface area contributed by atoms with Crippen LogP contribution < -0.4 is 0 Å². The molecule has 0 aromatic rings. The van der Waals surface area contributed by atoms with Gasteiger partial charge < -0.3 is 14.6 Å². The van der Waals surface area contributed by atoms with Crippen molar-refractivity contribution >= 4 is 11.9 Å². The molecule has 0 radical (unpaired) electrons. The van der Waals surface area contributed by atoms with Crippen LogP contribution in [0.25, 0.3) is 0 Å². The standard InChI is InChI=1S/C16H26O5/c1-9-11(17)8-10(13(18)20-15(2,3)4)12(9)14(19)21-16(5,6)7/h10-11,17H,8H2,1-7H3/t10-,11+/m0/s1. The fraction of sp³-hybridized carbons (Fsp3) is 0.750. The molecule has 1 rings (SSSR count). The number of carbonyl (C=O) groups is 2. The third-order valence-corrected chi connectivity index (χ3v) is 3.04. The fourth-order valence-corrected chi connectivity index (χ4v) is 2.20. The lowest BCUT2D eigenvalue weighted by Gasteiger charge is -2.25. The van der Waals surface area contributed by atoms with Gasteiger partial charge in [-0.3, -0.25) is 4.79 Å². The van der Waals surface area contributed by atoms with E-state index >= 15 is 0 Å². The van der Waals surface area contributed by atoms with E-state index < -0.39 is 35.2 Å². The van der Waals surface area contributed by atoms with Gasteiger partial charge in [0.2, 0.25) is 0 Å². The average Bonchev–Trinajstić information content (AvgIpc) is 2.50. The van der Waals surface area contributed by atoms with Crippen LogP contribution in [0.3, 0.4) is 0 Å². The summed E-state index contributed by atoms with van der Waals surface area (Å²) < 4.78 is 10.7. The van der Waals surface area contributed by atoms with Crippen LogP contribution in [0.2, 0.25) is 0 Å². The van der Waals surface area contributed by atoms with E-state index in [4.69, 9.17) is 9.47 Å². The second kappa shape index (κ2) is 5.79. The van der Waals surface area contributed by atoms with Gasteiger partial charge in [0, 0.05) is 0 Å². The van der Waals surface area contributed by atoms with E-state index in [1.54, 1.807) is 48.5 Å². The van der Waals surface area contributed by atoms with Crippen molar-refractivity contribution in [3.05, 3.63) is 11.1 Å². The minimum absolute atomic E-state index is 0.162. The van der Waals surface area contributed by atoms with Gasteiger partial charge in [0.05, 0.1) is 17.6 Å². The Balaban J connectivity index is 3.01. The van der Waals surface area contributed by atoms with Crippen LogP contribution in [0.1, 0.15) is 54.9 Å². The molecule has 0 unspecified atom stereocenters. The summed E-state index contributed by atoms with van der Waals surface area (Å²) in [6.07, 6.45) is -0.653. The Morgan fingerprint density at radius 1 is 1.05 bits per heavy atom. The summed E-state index contributed by atoms with van der Waals surface area (Å²) in [7, 11) is 0. The van der Waals surface area contributed by atoms with Crippen molar-refractivity contribution < 1.29 is 24.2 Å². The van der Waals surface area contributed by atoms with Gasteiger partial charge in [0.25, 0.3) is 0 Å². The summed E-state index contributed by atoms with van der Waals surface area (Å²) in [5.74, 6) is -1.83. The Morgan fingerprint density at radius 2 is 1.52 bits per heavy atom. The molecular weight excluding hydrogens is 272 g/mol. The highest BCUT2D eigenvalue weighted by atomic mass is 16.6. The SMILES string of the molecule is CC1=C(C(=O)OC(C)(C)C)[C@@H](C(=O)OC(C)(C)C)C[C@H]1O. The molecule has 1 aliphatic rings. The van der Waals surface area contributed by atoms with E-state index in [2.05, 4.69) is 0 Å².